The van der Waals surface area contributed by atoms with Crippen LogP contribution in [-0.2, 0) is 4.79 Å². The third-order valence-corrected chi connectivity index (χ3v) is 3.53. The maximum Gasteiger partial charge on any atom is 0.223 e. The minimum Gasteiger partial charge on any atom is -0.394 e. The zero-order chi connectivity index (χ0) is 11.3. The lowest BCUT2D eigenvalue weighted by Crippen LogP contribution is -2.50. The van der Waals surface area contributed by atoms with Gasteiger partial charge in [0.2, 0.25) is 5.91 Å². The Bertz CT molecular complexity index is 206. The zero-order valence-electron chi connectivity index (χ0n) is 9.88. The van der Waals surface area contributed by atoms with E-state index in [-0.39, 0.29) is 18.4 Å². The highest BCUT2D eigenvalue weighted by atomic mass is 16.3. The van der Waals surface area contributed by atoms with E-state index in [0.29, 0.717) is 0 Å². The van der Waals surface area contributed by atoms with Crippen LogP contribution in [0.3, 0.4) is 0 Å². The fourth-order valence-corrected chi connectivity index (χ4v) is 2.00. The van der Waals surface area contributed by atoms with Crippen LogP contribution in [-0.4, -0.2) is 23.2 Å². The molecular formula is C12H23NO2. The number of aliphatic hydroxyl groups excluding tert-OH is 1. The van der Waals surface area contributed by atoms with Crippen molar-refractivity contribution in [2.75, 3.05) is 6.61 Å². The number of amides is 1. The van der Waals surface area contributed by atoms with Crippen LogP contribution in [0.15, 0.2) is 0 Å². The Morgan fingerprint density at radius 1 is 1.40 bits per heavy atom. The highest BCUT2D eigenvalue weighted by Crippen LogP contribution is 2.24. The van der Waals surface area contributed by atoms with Gasteiger partial charge < -0.3 is 10.4 Å². The van der Waals surface area contributed by atoms with Crippen LogP contribution in [0.5, 0.6) is 0 Å². The number of carbonyl (C=O) groups is 1. The summed E-state index contributed by atoms with van der Waals surface area (Å²) in [5, 5.41) is 12.2. The van der Waals surface area contributed by atoms with Gasteiger partial charge in [-0.2, -0.15) is 0 Å². The molecule has 0 heterocycles. The smallest absolute Gasteiger partial charge is 0.223 e. The van der Waals surface area contributed by atoms with E-state index in [4.69, 9.17) is 0 Å². The lowest BCUT2D eigenvalue weighted by atomic mass is 9.87. The molecule has 0 aliphatic heterocycles. The van der Waals surface area contributed by atoms with Crippen LogP contribution in [0.4, 0.5) is 0 Å². The molecule has 3 nitrogen and oxygen atoms in total. The van der Waals surface area contributed by atoms with Gasteiger partial charge in [0, 0.05) is 5.92 Å². The lowest BCUT2D eigenvalue weighted by Gasteiger charge is -2.30. The maximum atomic E-state index is 11.9. The Morgan fingerprint density at radius 2 is 2.00 bits per heavy atom. The molecule has 0 bridgehead atoms. The molecule has 1 unspecified atom stereocenters. The van der Waals surface area contributed by atoms with Crippen molar-refractivity contribution >= 4 is 5.91 Å². The molecule has 0 aromatic heterocycles. The molecule has 0 aromatic rings. The second-order valence-electron chi connectivity index (χ2n) is 4.90. The number of carbonyl (C=O) groups excluding carboxylic acids is 1. The zero-order valence-corrected chi connectivity index (χ0v) is 9.88. The maximum absolute atomic E-state index is 11.9. The summed E-state index contributed by atoms with van der Waals surface area (Å²) in [4.78, 5) is 11.9. The van der Waals surface area contributed by atoms with E-state index >= 15 is 0 Å². The minimum absolute atomic E-state index is 0.0158. The van der Waals surface area contributed by atoms with Crippen molar-refractivity contribution in [3.8, 4) is 0 Å². The third kappa shape index (κ3) is 3.49. The quantitative estimate of drug-likeness (QED) is 0.748. The number of hydrogen-bond acceptors (Lipinski definition) is 2. The van der Waals surface area contributed by atoms with Gasteiger partial charge in [-0.15, -0.1) is 0 Å². The molecule has 0 aromatic carbocycles. The number of rotatable bonds is 4. The molecule has 1 saturated carbocycles. The van der Waals surface area contributed by atoms with Crippen molar-refractivity contribution in [3.05, 3.63) is 0 Å². The molecule has 88 valence electrons. The molecule has 1 fully saturated rings. The first-order valence-corrected chi connectivity index (χ1v) is 6.04. The molecular weight excluding hydrogens is 190 g/mol. The molecule has 1 aliphatic rings. The molecule has 0 saturated heterocycles. The molecule has 1 rings (SSSR count). The van der Waals surface area contributed by atoms with E-state index in [1.165, 1.54) is 19.3 Å². The fourth-order valence-electron chi connectivity index (χ4n) is 2.00. The third-order valence-electron chi connectivity index (χ3n) is 3.53. The molecule has 1 atom stereocenters. The predicted molar refractivity (Wildman–Crippen MR) is 60.5 cm³/mol. The van der Waals surface area contributed by atoms with Gasteiger partial charge in [-0.05, 0) is 26.2 Å². The van der Waals surface area contributed by atoms with E-state index in [9.17, 15) is 9.90 Å². The van der Waals surface area contributed by atoms with E-state index in [1.807, 2.05) is 13.8 Å². The van der Waals surface area contributed by atoms with Crippen molar-refractivity contribution in [2.45, 2.75) is 57.9 Å². The van der Waals surface area contributed by atoms with E-state index in [2.05, 4.69) is 5.32 Å². The fraction of sp³-hybridized carbons (Fsp3) is 0.917. The number of aliphatic hydroxyl groups is 1. The summed E-state index contributed by atoms with van der Waals surface area (Å²) >= 11 is 0. The average Bonchev–Trinajstić information content (AvgIpc) is 2.30. The van der Waals surface area contributed by atoms with Gasteiger partial charge in [0.1, 0.15) is 0 Å². The van der Waals surface area contributed by atoms with Gasteiger partial charge in [0.15, 0.2) is 0 Å². The molecule has 3 heteroatoms. The molecule has 0 radical (unpaired) electrons. The van der Waals surface area contributed by atoms with E-state index < -0.39 is 5.54 Å². The Labute approximate surface area is 92.3 Å². The Morgan fingerprint density at radius 3 is 2.47 bits per heavy atom. The lowest BCUT2D eigenvalue weighted by molar-refractivity contribution is -0.128. The van der Waals surface area contributed by atoms with Gasteiger partial charge in [0.25, 0.3) is 0 Å². The Hall–Kier alpha value is -0.570. The molecule has 1 aliphatic carbocycles. The monoisotopic (exact) mass is 213 g/mol. The van der Waals surface area contributed by atoms with Crippen LogP contribution in [0, 0.1) is 5.92 Å². The topological polar surface area (TPSA) is 49.3 Å². The highest BCUT2D eigenvalue weighted by molar-refractivity contribution is 5.79. The van der Waals surface area contributed by atoms with Crippen LogP contribution < -0.4 is 5.32 Å². The van der Waals surface area contributed by atoms with Gasteiger partial charge in [-0.3, -0.25) is 4.79 Å². The normalized spacial score (nSPS) is 22.1. The summed E-state index contributed by atoms with van der Waals surface area (Å²) in [5.74, 6) is 0.310. The first-order chi connectivity index (χ1) is 7.11. The first kappa shape index (κ1) is 12.5. The molecule has 1 amide bonds. The second kappa shape index (κ2) is 5.50. The highest BCUT2D eigenvalue weighted by Gasteiger charge is 2.28. The van der Waals surface area contributed by atoms with Crippen molar-refractivity contribution in [3.63, 3.8) is 0 Å². The summed E-state index contributed by atoms with van der Waals surface area (Å²) in [7, 11) is 0. The van der Waals surface area contributed by atoms with Crippen LogP contribution >= 0.6 is 0 Å². The van der Waals surface area contributed by atoms with E-state index in [0.717, 1.165) is 19.3 Å². The van der Waals surface area contributed by atoms with Gasteiger partial charge in [-0.1, -0.05) is 26.2 Å². The molecule has 2 N–H and O–H groups in total. The SMILES string of the molecule is CCC(C)(CO)NC(=O)C1CCCCC1. The molecule has 15 heavy (non-hydrogen) atoms. The largest absolute Gasteiger partial charge is 0.394 e. The predicted octanol–water partition coefficient (Wildman–Crippen LogP) is 1.84. The summed E-state index contributed by atoms with van der Waals surface area (Å²) in [6.45, 7) is 3.90. The van der Waals surface area contributed by atoms with Crippen molar-refractivity contribution in [2.24, 2.45) is 5.92 Å². The first-order valence-electron chi connectivity index (χ1n) is 6.04. The number of nitrogens with one attached hydrogen (secondary N) is 1. The van der Waals surface area contributed by atoms with Crippen LogP contribution in [0.2, 0.25) is 0 Å². The van der Waals surface area contributed by atoms with Crippen molar-refractivity contribution in [1.82, 2.24) is 5.32 Å². The summed E-state index contributed by atoms with van der Waals surface area (Å²) in [6, 6.07) is 0. The van der Waals surface area contributed by atoms with Crippen molar-refractivity contribution < 1.29 is 9.90 Å². The summed E-state index contributed by atoms with van der Waals surface area (Å²) in [6.07, 6.45) is 6.38. The summed E-state index contributed by atoms with van der Waals surface area (Å²) < 4.78 is 0. The van der Waals surface area contributed by atoms with Crippen LogP contribution in [0.25, 0.3) is 0 Å². The van der Waals surface area contributed by atoms with Gasteiger partial charge in [-0.25, -0.2) is 0 Å². The minimum atomic E-state index is -0.436. The summed E-state index contributed by atoms with van der Waals surface area (Å²) in [5.41, 5.74) is -0.436. The van der Waals surface area contributed by atoms with Crippen LogP contribution in [0.1, 0.15) is 52.4 Å². The standard InChI is InChI=1S/C12H23NO2/c1-3-12(2,9-14)13-11(15)10-7-5-4-6-8-10/h10,14H,3-9H2,1-2H3,(H,13,15). The van der Waals surface area contributed by atoms with E-state index in [1.54, 1.807) is 0 Å². The van der Waals surface area contributed by atoms with Crippen molar-refractivity contribution in [1.29, 1.82) is 0 Å². The van der Waals surface area contributed by atoms with Gasteiger partial charge >= 0.3 is 0 Å². The van der Waals surface area contributed by atoms with Gasteiger partial charge in [0.05, 0.1) is 12.1 Å². The Kier molecular flexibility index (Phi) is 4.58. The second-order valence-corrected chi connectivity index (χ2v) is 4.90. The molecule has 0 spiro atoms. The number of hydrogen-bond donors (Lipinski definition) is 2. The average molecular weight is 213 g/mol. The Balaban J connectivity index is 2.46.